The van der Waals surface area contributed by atoms with Gasteiger partial charge < -0.3 is 4.90 Å². The van der Waals surface area contributed by atoms with Crippen LogP contribution in [-0.2, 0) is 38.4 Å². The summed E-state index contributed by atoms with van der Waals surface area (Å²) in [5.74, 6) is -0.412. The highest BCUT2D eigenvalue weighted by molar-refractivity contribution is 7.92. The minimum Gasteiger partial charge on any atom is -0.336 e. The van der Waals surface area contributed by atoms with E-state index >= 15 is 0 Å². The zero-order chi connectivity index (χ0) is 32.1. The maximum atomic E-state index is 14.2. The highest BCUT2D eigenvalue weighted by Crippen LogP contribution is 2.33. The van der Waals surface area contributed by atoms with Crippen LogP contribution in [0.1, 0.15) is 12.5 Å². The minimum absolute atomic E-state index is 0.0387. The monoisotopic (exact) mass is 665 g/mol. The molecule has 1 unspecified atom stereocenters. The summed E-state index contributed by atoms with van der Waals surface area (Å²) in [5, 5.41) is 4.43. The maximum absolute atomic E-state index is 14.2. The Balaban J connectivity index is 1.28. The summed E-state index contributed by atoms with van der Waals surface area (Å²) < 4.78 is 59.2. The van der Waals surface area contributed by atoms with E-state index in [-0.39, 0.29) is 35.6 Å². The standard InChI is InChI=1S/C31H28ClN5O6S2/c1-21-31(39)35(20-22-8-10-23(11-9-22)27-13-15-29(38)34(2)33-27)16-17-36(21)45(42,43)30-19-24-18-25(32)12-14-28(24)37(30)44(40,41)26-6-4-3-5-7-26/h3-15,18-19,21H,16-17,20H2,1-2H3. The van der Waals surface area contributed by atoms with E-state index in [4.69, 9.17) is 11.6 Å². The van der Waals surface area contributed by atoms with Gasteiger partial charge in [0.1, 0.15) is 6.04 Å². The molecule has 6 rings (SSSR count). The Morgan fingerprint density at radius 1 is 0.844 bits per heavy atom. The zero-order valence-electron chi connectivity index (χ0n) is 24.2. The molecule has 0 spiro atoms. The third-order valence-corrected chi connectivity index (χ3v) is 11.9. The number of nitrogens with zero attached hydrogens (tertiary/aromatic N) is 5. The normalized spacial score (nSPS) is 16.4. The summed E-state index contributed by atoms with van der Waals surface area (Å²) >= 11 is 6.17. The lowest BCUT2D eigenvalue weighted by Crippen LogP contribution is -2.57. The van der Waals surface area contributed by atoms with Gasteiger partial charge in [0.05, 0.1) is 16.1 Å². The molecule has 1 atom stereocenters. The van der Waals surface area contributed by atoms with E-state index in [2.05, 4.69) is 5.10 Å². The Labute approximate surface area is 265 Å². The highest BCUT2D eigenvalue weighted by Gasteiger charge is 2.42. The van der Waals surface area contributed by atoms with Crippen LogP contribution in [0.25, 0.3) is 22.2 Å². The summed E-state index contributed by atoms with van der Waals surface area (Å²) in [6.45, 7) is 1.81. The Morgan fingerprint density at radius 2 is 1.56 bits per heavy atom. The molecule has 1 fully saturated rings. The molecule has 2 aromatic heterocycles. The lowest BCUT2D eigenvalue weighted by atomic mass is 10.1. The second-order valence-corrected chi connectivity index (χ2v) is 14.8. The molecule has 0 saturated carbocycles. The summed E-state index contributed by atoms with van der Waals surface area (Å²) in [6, 6.07) is 22.7. The second-order valence-electron chi connectivity index (χ2n) is 10.7. The van der Waals surface area contributed by atoms with Crippen LogP contribution in [0.5, 0.6) is 0 Å². The molecule has 1 aliphatic heterocycles. The highest BCUT2D eigenvalue weighted by atomic mass is 35.5. The molecule has 0 aliphatic carbocycles. The van der Waals surface area contributed by atoms with Crippen LogP contribution < -0.4 is 5.56 Å². The van der Waals surface area contributed by atoms with Crippen LogP contribution in [0, 0.1) is 0 Å². The number of sulfonamides is 1. The lowest BCUT2D eigenvalue weighted by molar-refractivity contribution is -0.138. The van der Waals surface area contributed by atoms with Gasteiger partial charge in [-0.1, -0.05) is 54.1 Å². The SMILES string of the molecule is CC1C(=O)N(Cc2ccc(-c3ccc(=O)n(C)n3)cc2)CCN1S(=O)(=O)c1cc2cc(Cl)ccc2n1S(=O)(=O)c1ccccc1. The van der Waals surface area contributed by atoms with E-state index in [9.17, 15) is 26.4 Å². The van der Waals surface area contributed by atoms with Crippen molar-refractivity contribution in [2.45, 2.75) is 29.4 Å². The number of halogens is 1. The fraction of sp³-hybridized carbons (Fsp3) is 0.194. The Morgan fingerprint density at radius 3 is 2.24 bits per heavy atom. The Kier molecular flexibility index (Phi) is 7.89. The third-order valence-electron chi connectivity index (χ3n) is 7.82. The molecule has 45 heavy (non-hydrogen) atoms. The molecule has 0 bridgehead atoms. The van der Waals surface area contributed by atoms with Gasteiger partial charge in [0.2, 0.25) is 5.91 Å². The van der Waals surface area contributed by atoms with Crippen LogP contribution in [-0.4, -0.2) is 64.8 Å². The van der Waals surface area contributed by atoms with Gasteiger partial charge in [-0.3, -0.25) is 9.59 Å². The second kappa shape index (κ2) is 11.6. The number of hydrogen-bond donors (Lipinski definition) is 0. The number of benzene rings is 3. The van der Waals surface area contributed by atoms with Gasteiger partial charge in [-0.25, -0.2) is 25.5 Å². The van der Waals surface area contributed by atoms with Gasteiger partial charge in [-0.15, -0.1) is 0 Å². The molecule has 3 aromatic carbocycles. The van der Waals surface area contributed by atoms with Gasteiger partial charge in [-0.2, -0.15) is 9.40 Å². The predicted molar refractivity (Wildman–Crippen MR) is 170 cm³/mol. The molecule has 0 radical (unpaired) electrons. The number of amides is 1. The molecule has 1 saturated heterocycles. The maximum Gasteiger partial charge on any atom is 0.269 e. The van der Waals surface area contributed by atoms with Crippen molar-refractivity contribution in [3.8, 4) is 11.3 Å². The molecule has 5 aromatic rings. The van der Waals surface area contributed by atoms with E-state index < -0.39 is 37.0 Å². The Bertz CT molecular complexity index is 2220. The first kappa shape index (κ1) is 30.7. The first-order chi connectivity index (χ1) is 21.4. The molecule has 0 N–H and O–H groups in total. The average Bonchev–Trinajstić information content (AvgIpc) is 3.42. The van der Waals surface area contributed by atoms with Crippen molar-refractivity contribution >= 4 is 48.5 Å². The number of aromatic nitrogens is 3. The fourth-order valence-electron chi connectivity index (χ4n) is 5.43. The van der Waals surface area contributed by atoms with E-state index in [1.165, 1.54) is 54.1 Å². The number of rotatable bonds is 7. The number of carbonyl (C=O) groups excluding carboxylic acids is 1. The lowest BCUT2D eigenvalue weighted by Gasteiger charge is -2.38. The molecule has 1 aliphatic rings. The fourth-order valence-corrected chi connectivity index (χ4v) is 9.27. The number of aryl methyl sites for hydroxylation is 1. The molecule has 232 valence electrons. The van der Waals surface area contributed by atoms with Crippen molar-refractivity contribution in [1.82, 2.24) is 23.0 Å². The van der Waals surface area contributed by atoms with Crippen LogP contribution in [0.2, 0.25) is 5.02 Å². The van der Waals surface area contributed by atoms with Crippen LogP contribution in [0.3, 0.4) is 0 Å². The minimum atomic E-state index is -4.48. The first-order valence-electron chi connectivity index (χ1n) is 13.9. The number of fused-ring (bicyclic) bond motifs is 1. The van der Waals surface area contributed by atoms with Crippen LogP contribution in [0.4, 0.5) is 0 Å². The van der Waals surface area contributed by atoms with Crippen LogP contribution in [0.15, 0.2) is 106 Å². The van der Waals surface area contributed by atoms with Crippen molar-refractivity contribution in [1.29, 1.82) is 0 Å². The molecular formula is C31H28ClN5O6S2. The van der Waals surface area contributed by atoms with Gasteiger partial charge in [0.25, 0.3) is 25.6 Å². The molecular weight excluding hydrogens is 638 g/mol. The predicted octanol–water partition coefficient (Wildman–Crippen LogP) is 3.71. The quantitative estimate of drug-likeness (QED) is 0.259. The summed E-state index contributed by atoms with van der Waals surface area (Å²) in [5.41, 5.74) is 2.18. The van der Waals surface area contributed by atoms with Crippen molar-refractivity contribution < 1.29 is 21.6 Å². The number of carbonyl (C=O) groups is 1. The van der Waals surface area contributed by atoms with E-state index in [0.29, 0.717) is 16.1 Å². The third kappa shape index (κ3) is 5.56. The molecule has 1 amide bonds. The Hall–Kier alpha value is -4.30. The van der Waals surface area contributed by atoms with E-state index in [0.717, 1.165) is 19.4 Å². The van der Waals surface area contributed by atoms with Gasteiger partial charge in [-0.05, 0) is 55.0 Å². The van der Waals surface area contributed by atoms with Crippen molar-refractivity contribution in [3.05, 3.63) is 112 Å². The molecule has 14 heteroatoms. The van der Waals surface area contributed by atoms with E-state index in [1.54, 1.807) is 36.2 Å². The zero-order valence-corrected chi connectivity index (χ0v) is 26.6. The van der Waals surface area contributed by atoms with Gasteiger partial charge >= 0.3 is 0 Å². The molecule has 3 heterocycles. The number of piperazine rings is 1. The summed E-state index contributed by atoms with van der Waals surface area (Å²) in [7, 11) is -7.26. The van der Waals surface area contributed by atoms with Crippen molar-refractivity contribution in [2.75, 3.05) is 13.1 Å². The average molecular weight is 666 g/mol. The molecule has 11 nitrogen and oxygen atoms in total. The van der Waals surface area contributed by atoms with Crippen LogP contribution >= 0.6 is 11.6 Å². The van der Waals surface area contributed by atoms with E-state index in [1.807, 2.05) is 24.3 Å². The summed E-state index contributed by atoms with van der Waals surface area (Å²) in [4.78, 5) is 26.7. The van der Waals surface area contributed by atoms with Gasteiger partial charge in [0.15, 0.2) is 5.03 Å². The van der Waals surface area contributed by atoms with Gasteiger partial charge in [0, 0.05) is 48.7 Å². The van der Waals surface area contributed by atoms with Crippen molar-refractivity contribution in [2.24, 2.45) is 7.05 Å². The number of hydrogen-bond acceptors (Lipinski definition) is 7. The largest absolute Gasteiger partial charge is 0.336 e. The topological polar surface area (TPSA) is 132 Å². The first-order valence-corrected chi connectivity index (χ1v) is 17.2. The smallest absolute Gasteiger partial charge is 0.269 e. The summed E-state index contributed by atoms with van der Waals surface area (Å²) in [6.07, 6.45) is 0. The van der Waals surface area contributed by atoms with Crippen molar-refractivity contribution in [3.63, 3.8) is 0 Å².